The van der Waals surface area contributed by atoms with Crippen molar-refractivity contribution in [3.8, 4) is 22.6 Å². The third kappa shape index (κ3) is 6.05. The maximum Gasteiger partial charge on any atom is 0.335 e. The fraction of sp³-hybridized carbons (Fsp3) is 0.371. The molecule has 0 spiro atoms. The Balaban J connectivity index is 1.18. The first-order valence-corrected chi connectivity index (χ1v) is 15.3. The van der Waals surface area contributed by atoms with E-state index in [2.05, 4.69) is 34.4 Å². The van der Waals surface area contributed by atoms with E-state index in [0.717, 1.165) is 29.9 Å². The van der Waals surface area contributed by atoms with Gasteiger partial charge in [-0.3, -0.25) is 9.89 Å². The standard InChI is InChI=1S/C35H38N4O4/c1-21-16-29(15-14-26(21)19-25-13-12-24(18-25)17-23-6-3-7-23)39-34(41)32(22(2)38-39)37-36-31-11-5-10-30(33(31)40)27-8-4-9-28(20-27)35(42)43/h4-5,8-11,14-16,20,23-25,38,40H,3,6-7,12-13,17-19H2,1-2H3,(H,42,43). The summed E-state index contributed by atoms with van der Waals surface area (Å²) in [5, 5.41) is 31.8. The molecule has 2 aliphatic rings. The first-order chi connectivity index (χ1) is 20.8. The van der Waals surface area contributed by atoms with Gasteiger partial charge in [-0.25, -0.2) is 9.48 Å². The zero-order valence-electron chi connectivity index (χ0n) is 24.7. The third-order valence-electron chi connectivity index (χ3n) is 9.37. The van der Waals surface area contributed by atoms with Gasteiger partial charge in [-0.15, -0.1) is 10.2 Å². The quantitative estimate of drug-likeness (QED) is 0.173. The number of hydrogen-bond acceptors (Lipinski definition) is 5. The van der Waals surface area contributed by atoms with Crippen LogP contribution in [0, 0.1) is 31.6 Å². The second-order valence-electron chi connectivity index (χ2n) is 12.4. The van der Waals surface area contributed by atoms with Crippen molar-refractivity contribution < 1.29 is 15.0 Å². The molecule has 1 aromatic heterocycles. The fourth-order valence-electron chi connectivity index (χ4n) is 6.74. The molecular weight excluding hydrogens is 540 g/mol. The molecule has 3 aromatic carbocycles. The van der Waals surface area contributed by atoms with Crippen LogP contribution in [-0.2, 0) is 6.42 Å². The number of carboxylic acid groups (broad SMARTS) is 1. The SMILES string of the molecule is Cc1cc(-n2[nH]c(C)c(N=Nc3cccc(-c4cccc(C(=O)O)c4)c3O)c2=O)ccc1CC1CCC(CC2CCC2)C1. The number of hydrogen-bond donors (Lipinski definition) is 3. The van der Waals surface area contributed by atoms with Crippen molar-refractivity contribution in [3.63, 3.8) is 0 Å². The van der Waals surface area contributed by atoms with Gasteiger partial charge in [-0.2, -0.15) is 0 Å². The predicted octanol–water partition coefficient (Wildman–Crippen LogP) is 8.42. The van der Waals surface area contributed by atoms with Gasteiger partial charge in [-0.05, 0) is 104 Å². The number of benzene rings is 3. The van der Waals surface area contributed by atoms with E-state index in [1.807, 2.05) is 6.07 Å². The number of aromatic amines is 1. The van der Waals surface area contributed by atoms with Gasteiger partial charge in [0.2, 0.25) is 0 Å². The number of carbonyl (C=O) groups is 1. The summed E-state index contributed by atoms with van der Waals surface area (Å²) in [5.41, 5.74) is 4.90. The lowest BCUT2D eigenvalue weighted by Gasteiger charge is -2.28. The summed E-state index contributed by atoms with van der Waals surface area (Å²) in [5.74, 6) is 1.42. The maximum atomic E-state index is 13.4. The molecule has 8 nitrogen and oxygen atoms in total. The van der Waals surface area contributed by atoms with Crippen LogP contribution in [0.5, 0.6) is 5.75 Å². The van der Waals surface area contributed by atoms with Crippen molar-refractivity contribution in [2.75, 3.05) is 0 Å². The second kappa shape index (κ2) is 12.0. The summed E-state index contributed by atoms with van der Waals surface area (Å²) >= 11 is 0. The highest BCUT2D eigenvalue weighted by Crippen LogP contribution is 2.42. The third-order valence-corrected chi connectivity index (χ3v) is 9.37. The van der Waals surface area contributed by atoms with Gasteiger partial charge in [0, 0.05) is 5.56 Å². The number of H-pyrrole nitrogens is 1. The number of azo groups is 1. The fourth-order valence-corrected chi connectivity index (χ4v) is 6.74. The molecule has 222 valence electrons. The number of nitrogens with zero attached hydrogens (tertiary/aromatic N) is 3. The van der Waals surface area contributed by atoms with Crippen molar-refractivity contribution in [1.82, 2.24) is 9.78 Å². The van der Waals surface area contributed by atoms with Crippen LogP contribution in [0.25, 0.3) is 16.8 Å². The van der Waals surface area contributed by atoms with Crippen molar-refractivity contribution in [3.05, 3.63) is 93.4 Å². The van der Waals surface area contributed by atoms with Crippen LogP contribution in [0.1, 0.15) is 72.1 Å². The molecule has 43 heavy (non-hydrogen) atoms. The Kier molecular flexibility index (Phi) is 8.02. The normalized spacial score (nSPS) is 18.7. The molecular formula is C35H38N4O4. The predicted molar refractivity (Wildman–Crippen MR) is 167 cm³/mol. The molecule has 2 unspecified atom stereocenters. The topological polar surface area (TPSA) is 120 Å². The van der Waals surface area contributed by atoms with E-state index in [1.165, 1.54) is 72.9 Å². The van der Waals surface area contributed by atoms with Gasteiger partial charge in [0.15, 0.2) is 11.4 Å². The summed E-state index contributed by atoms with van der Waals surface area (Å²) < 4.78 is 1.48. The molecule has 0 aliphatic heterocycles. The number of aromatic carboxylic acids is 1. The largest absolute Gasteiger partial charge is 0.505 e. The lowest BCUT2D eigenvalue weighted by molar-refractivity contribution is 0.0697. The summed E-state index contributed by atoms with van der Waals surface area (Å²) in [7, 11) is 0. The molecule has 0 saturated heterocycles. The molecule has 0 amide bonds. The average molecular weight is 579 g/mol. The number of para-hydroxylation sites is 1. The molecule has 2 saturated carbocycles. The van der Waals surface area contributed by atoms with E-state index < -0.39 is 5.97 Å². The Hall–Kier alpha value is -4.46. The van der Waals surface area contributed by atoms with E-state index in [1.54, 1.807) is 37.3 Å². The zero-order chi connectivity index (χ0) is 30.1. The maximum absolute atomic E-state index is 13.4. The molecule has 2 aliphatic carbocycles. The zero-order valence-corrected chi connectivity index (χ0v) is 24.7. The molecule has 0 radical (unpaired) electrons. The van der Waals surface area contributed by atoms with Crippen molar-refractivity contribution in [1.29, 1.82) is 0 Å². The van der Waals surface area contributed by atoms with E-state index in [4.69, 9.17) is 0 Å². The minimum Gasteiger partial charge on any atom is -0.505 e. The van der Waals surface area contributed by atoms with Gasteiger partial charge in [-0.1, -0.05) is 56.0 Å². The highest BCUT2D eigenvalue weighted by molar-refractivity contribution is 5.90. The lowest BCUT2D eigenvalue weighted by atomic mass is 9.78. The number of aryl methyl sites for hydroxylation is 2. The van der Waals surface area contributed by atoms with E-state index in [-0.39, 0.29) is 28.2 Å². The molecule has 6 rings (SSSR count). The summed E-state index contributed by atoms with van der Waals surface area (Å²) in [6.45, 7) is 3.88. The Bertz CT molecular complexity index is 1750. The molecule has 2 atom stereocenters. The Morgan fingerprint density at radius 1 is 0.953 bits per heavy atom. The monoisotopic (exact) mass is 578 g/mol. The van der Waals surface area contributed by atoms with Crippen LogP contribution in [0.15, 0.2) is 75.7 Å². The van der Waals surface area contributed by atoms with Gasteiger partial charge in [0.25, 0.3) is 5.56 Å². The number of aromatic hydroxyl groups is 1. The highest BCUT2D eigenvalue weighted by Gasteiger charge is 2.29. The van der Waals surface area contributed by atoms with Crippen molar-refractivity contribution in [2.45, 2.75) is 65.2 Å². The highest BCUT2D eigenvalue weighted by atomic mass is 16.4. The number of aromatic nitrogens is 2. The van der Waals surface area contributed by atoms with Gasteiger partial charge >= 0.3 is 5.97 Å². The van der Waals surface area contributed by atoms with E-state index in [9.17, 15) is 19.8 Å². The lowest BCUT2D eigenvalue weighted by Crippen LogP contribution is -2.15. The van der Waals surface area contributed by atoms with Gasteiger partial charge in [0.1, 0.15) is 5.69 Å². The van der Waals surface area contributed by atoms with Crippen LogP contribution in [0.2, 0.25) is 0 Å². The molecule has 8 heteroatoms. The molecule has 0 bridgehead atoms. The number of rotatable bonds is 9. The molecule has 2 fully saturated rings. The van der Waals surface area contributed by atoms with Crippen LogP contribution in [0.3, 0.4) is 0 Å². The molecule has 3 N–H and O–H groups in total. The van der Waals surface area contributed by atoms with Crippen LogP contribution in [-0.4, -0.2) is 26.0 Å². The minimum atomic E-state index is -1.05. The summed E-state index contributed by atoms with van der Waals surface area (Å²) in [6.07, 6.45) is 10.8. The van der Waals surface area contributed by atoms with E-state index in [0.29, 0.717) is 16.8 Å². The van der Waals surface area contributed by atoms with Crippen molar-refractivity contribution in [2.24, 2.45) is 28.0 Å². The van der Waals surface area contributed by atoms with E-state index >= 15 is 0 Å². The summed E-state index contributed by atoms with van der Waals surface area (Å²) in [4.78, 5) is 24.8. The smallest absolute Gasteiger partial charge is 0.335 e. The van der Waals surface area contributed by atoms with Gasteiger partial charge < -0.3 is 10.2 Å². The first-order valence-electron chi connectivity index (χ1n) is 15.3. The Morgan fingerprint density at radius 2 is 1.74 bits per heavy atom. The average Bonchev–Trinajstić information content (AvgIpc) is 3.54. The molecule has 1 heterocycles. The first kappa shape index (κ1) is 28.6. The van der Waals surface area contributed by atoms with Gasteiger partial charge in [0.05, 0.1) is 16.9 Å². The number of carboxylic acids is 1. The second-order valence-corrected chi connectivity index (χ2v) is 12.4. The number of phenolic OH excluding ortho intramolecular Hbond substituents is 1. The summed E-state index contributed by atoms with van der Waals surface area (Å²) in [6, 6.07) is 17.5. The number of nitrogens with one attached hydrogen (secondary N) is 1. The number of phenols is 1. The van der Waals surface area contributed by atoms with Crippen LogP contribution in [0.4, 0.5) is 11.4 Å². The Labute approximate surface area is 251 Å². The van der Waals surface area contributed by atoms with Crippen LogP contribution >= 0.6 is 0 Å². The van der Waals surface area contributed by atoms with Crippen molar-refractivity contribution >= 4 is 17.3 Å². The Morgan fingerprint density at radius 3 is 2.49 bits per heavy atom. The molecule has 4 aromatic rings. The van der Waals surface area contributed by atoms with Crippen LogP contribution < -0.4 is 5.56 Å². The minimum absolute atomic E-state index is 0.113.